The van der Waals surface area contributed by atoms with Gasteiger partial charge in [-0.25, -0.2) is 0 Å². The molecule has 2 N–H and O–H groups in total. The van der Waals surface area contributed by atoms with Gasteiger partial charge < -0.3 is 10.6 Å². The van der Waals surface area contributed by atoms with Gasteiger partial charge in [-0.1, -0.05) is 30.3 Å². The predicted octanol–water partition coefficient (Wildman–Crippen LogP) is 2.49. The topological polar surface area (TPSA) is 61.4 Å². The van der Waals surface area contributed by atoms with Crippen LogP contribution in [0.1, 0.15) is 35.9 Å². The monoisotopic (exact) mass is 371 g/mol. The van der Waals surface area contributed by atoms with Crippen LogP contribution in [0.25, 0.3) is 0 Å². The van der Waals surface area contributed by atoms with Crippen LogP contribution in [0.15, 0.2) is 41.8 Å². The Morgan fingerprint density at radius 1 is 1.12 bits per heavy atom. The Labute approximate surface area is 158 Å². The number of rotatable bonds is 5. The van der Waals surface area contributed by atoms with Crippen molar-refractivity contribution < 1.29 is 9.59 Å². The molecule has 0 unspecified atom stereocenters. The SMILES string of the molecule is CC(C)NC(=O)C(=O)NC[C@@H](c1cccs1)N1CCc2ccccc2C1. The second kappa shape index (κ2) is 8.47. The van der Waals surface area contributed by atoms with Gasteiger partial charge in [-0.3, -0.25) is 14.5 Å². The minimum absolute atomic E-state index is 0.0556. The van der Waals surface area contributed by atoms with E-state index in [1.165, 1.54) is 16.0 Å². The molecule has 2 heterocycles. The highest BCUT2D eigenvalue weighted by molar-refractivity contribution is 7.10. The molecule has 1 aliphatic rings. The molecule has 0 saturated heterocycles. The number of nitrogens with one attached hydrogen (secondary N) is 2. The van der Waals surface area contributed by atoms with E-state index in [2.05, 4.69) is 45.9 Å². The number of nitrogens with zero attached hydrogens (tertiary/aromatic N) is 1. The molecular weight excluding hydrogens is 346 g/mol. The summed E-state index contributed by atoms with van der Waals surface area (Å²) in [5.74, 6) is -1.15. The highest BCUT2D eigenvalue weighted by atomic mass is 32.1. The fraction of sp³-hybridized carbons (Fsp3) is 0.400. The van der Waals surface area contributed by atoms with Crippen molar-refractivity contribution in [2.45, 2.75) is 38.9 Å². The Morgan fingerprint density at radius 2 is 1.88 bits per heavy atom. The van der Waals surface area contributed by atoms with Crippen LogP contribution in [0.4, 0.5) is 0 Å². The lowest BCUT2D eigenvalue weighted by atomic mass is 9.98. The van der Waals surface area contributed by atoms with E-state index in [0.717, 1.165) is 19.5 Å². The quantitative estimate of drug-likeness (QED) is 0.794. The van der Waals surface area contributed by atoms with Crippen LogP contribution < -0.4 is 10.6 Å². The summed E-state index contributed by atoms with van der Waals surface area (Å²) in [6.07, 6.45) is 1.000. The molecule has 5 nitrogen and oxygen atoms in total. The van der Waals surface area contributed by atoms with Crippen molar-refractivity contribution in [3.63, 3.8) is 0 Å². The third-order valence-electron chi connectivity index (χ3n) is 4.55. The summed E-state index contributed by atoms with van der Waals surface area (Å²) in [6.45, 7) is 5.89. The summed E-state index contributed by atoms with van der Waals surface area (Å²) in [5.41, 5.74) is 2.73. The number of carbonyl (C=O) groups excluding carboxylic acids is 2. The predicted molar refractivity (Wildman–Crippen MR) is 104 cm³/mol. The van der Waals surface area contributed by atoms with Gasteiger partial charge in [-0.15, -0.1) is 11.3 Å². The average molecular weight is 372 g/mol. The summed E-state index contributed by atoms with van der Waals surface area (Å²) >= 11 is 1.68. The molecule has 0 radical (unpaired) electrons. The van der Waals surface area contributed by atoms with Gasteiger partial charge >= 0.3 is 11.8 Å². The molecule has 26 heavy (non-hydrogen) atoms. The van der Waals surface area contributed by atoms with Crippen molar-refractivity contribution >= 4 is 23.2 Å². The molecule has 1 aromatic heterocycles. The molecule has 138 valence electrons. The van der Waals surface area contributed by atoms with Crippen LogP contribution in [0.3, 0.4) is 0 Å². The van der Waals surface area contributed by atoms with E-state index in [1.54, 1.807) is 11.3 Å². The molecule has 2 aromatic rings. The van der Waals surface area contributed by atoms with Gasteiger partial charge in [0.05, 0.1) is 6.04 Å². The third kappa shape index (κ3) is 4.51. The lowest BCUT2D eigenvalue weighted by Gasteiger charge is -2.35. The minimum Gasteiger partial charge on any atom is -0.346 e. The molecule has 0 spiro atoms. The first-order chi connectivity index (χ1) is 12.5. The number of amides is 2. The van der Waals surface area contributed by atoms with Crippen LogP contribution >= 0.6 is 11.3 Å². The smallest absolute Gasteiger partial charge is 0.309 e. The summed E-state index contributed by atoms with van der Waals surface area (Å²) in [7, 11) is 0. The molecule has 0 saturated carbocycles. The first-order valence-electron chi connectivity index (χ1n) is 8.97. The molecule has 0 aliphatic carbocycles. The van der Waals surface area contributed by atoms with Crippen molar-refractivity contribution in [1.82, 2.24) is 15.5 Å². The molecule has 3 rings (SSSR count). The van der Waals surface area contributed by atoms with Crippen LogP contribution in [0.2, 0.25) is 0 Å². The molecule has 1 aromatic carbocycles. The summed E-state index contributed by atoms with van der Waals surface area (Å²) in [6, 6.07) is 12.6. The summed E-state index contributed by atoms with van der Waals surface area (Å²) < 4.78 is 0. The lowest BCUT2D eigenvalue weighted by Crippen LogP contribution is -2.46. The van der Waals surface area contributed by atoms with Crippen molar-refractivity contribution in [2.75, 3.05) is 13.1 Å². The Morgan fingerprint density at radius 3 is 2.58 bits per heavy atom. The molecule has 0 bridgehead atoms. The molecule has 0 fully saturated rings. The van der Waals surface area contributed by atoms with Gasteiger partial charge in [-0.2, -0.15) is 0 Å². The minimum atomic E-state index is -0.575. The van der Waals surface area contributed by atoms with Gasteiger partial charge in [0.2, 0.25) is 0 Å². The second-order valence-electron chi connectivity index (χ2n) is 6.86. The lowest BCUT2D eigenvalue weighted by molar-refractivity contribution is -0.139. The van der Waals surface area contributed by atoms with Crippen LogP contribution in [-0.2, 0) is 22.6 Å². The number of fused-ring (bicyclic) bond motifs is 1. The zero-order chi connectivity index (χ0) is 18.5. The number of carbonyl (C=O) groups is 2. The standard InChI is InChI=1S/C20H25N3O2S/c1-14(2)22-20(25)19(24)21-12-17(18-8-5-11-26-18)23-10-9-15-6-3-4-7-16(15)13-23/h3-8,11,14,17H,9-10,12-13H2,1-2H3,(H,21,24)(H,22,25)/t17-/m0/s1. The highest BCUT2D eigenvalue weighted by Crippen LogP contribution is 2.29. The normalized spacial score (nSPS) is 15.3. The van der Waals surface area contributed by atoms with E-state index in [1.807, 2.05) is 25.3 Å². The molecule has 1 aliphatic heterocycles. The summed E-state index contributed by atoms with van der Waals surface area (Å²) in [4.78, 5) is 27.5. The van der Waals surface area contributed by atoms with E-state index < -0.39 is 11.8 Å². The third-order valence-corrected chi connectivity index (χ3v) is 5.53. The number of hydrogen-bond donors (Lipinski definition) is 2. The van der Waals surface area contributed by atoms with Crippen molar-refractivity contribution in [1.29, 1.82) is 0 Å². The van der Waals surface area contributed by atoms with Crippen LogP contribution in [-0.4, -0.2) is 35.8 Å². The first-order valence-corrected chi connectivity index (χ1v) is 9.85. The molecular formula is C20H25N3O2S. The maximum Gasteiger partial charge on any atom is 0.309 e. The Balaban J connectivity index is 1.69. The largest absolute Gasteiger partial charge is 0.346 e. The van der Waals surface area contributed by atoms with Crippen molar-refractivity contribution in [2.24, 2.45) is 0 Å². The van der Waals surface area contributed by atoms with Gasteiger partial charge in [0.1, 0.15) is 0 Å². The molecule has 1 atom stereocenters. The van der Waals surface area contributed by atoms with Gasteiger partial charge in [0.15, 0.2) is 0 Å². The Bertz CT molecular complexity index is 758. The van der Waals surface area contributed by atoms with E-state index in [-0.39, 0.29) is 12.1 Å². The van der Waals surface area contributed by atoms with Gasteiger partial charge in [-0.05, 0) is 42.8 Å². The fourth-order valence-electron chi connectivity index (χ4n) is 3.27. The van der Waals surface area contributed by atoms with Gasteiger partial charge in [0, 0.05) is 30.6 Å². The van der Waals surface area contributed by atoms with E-state index in [9.17, 15) is 9.59 Å². The molecule has 6 heteroatoms. The fourth-order valence-corrected chi connectivity index (χ4v) is 4.13. The number of benzene rings is 1. The Hall–Kier alpha value is -2.18. The van der Waals surface area contributed by atoms with E-state index in [4.69, 9.17) is 0 Å². The Kier molecular flexibility index (Phi) is 6.06. The average Bonchev–Trinajstić information content (AvgIpc) is 3.15. The van der Waals surface area contributed by atoms with Gasteiger partial charge in [0.25, 0.3) is 0 Å². The van der Waals surface area contributed by atoms with Crippen LogP contribution in [0.5, 0.6) is 0 Å². The van der Waals surface area contributed by atoms with E-state index in [0.29, 0.717) is 6.54 Å². The molecule has 2 amide bonds. The van der Waals surface area contributed by atoms with E-state index >= 15 is 0 Å². The first kappa shape index (κ1) is 18.6. The maximum absolute atomic E-state index is 12.1. The zero-order valence-electron chi connectivity index (χ0n) is 15.2. The number of thiophene rings is 1. The van der Waals surface area contributed by atoms with Crippen molar-refractivity contribution in [3.8, 4) is 0 Å². The summed E-state index contributed by atoms with van der Waals surface area (Å²) in [5, 5.41) is 7.49. The van der Waals surface area contributed by atoms with Crippen LogP contribution in [0, 0.1) is 0 Å². The second-order valence-corrected chi connectivity index (χ2v) is 7.84. The zero-order valence-corrected chi connectivity index (χ0v) is 16.0. The number of hydrogen-bond acceptors (Lipinski definition) is 4. The maximum atomic E-state index is 12.1. The van der Waals surface area contributed by atoms with Crippen molar-refractivity contribution in [3.05, 3.63) is 57.8 Å². The highest BCUT2D eigenvalue weighted by Gasteiger charge is 2.26.